The number of halogens is 3. The van der Waals surface area contributed by atoms with Crippen LogP contribution in [0.5, 0.6) is 0 Å². The molecule has 0 fully saturated rings. The number of aryl methyl sites for hydroxylation is 1. The number of nitrogens with one attached hydrogen (secondary N) is 1. The van der Waals surface area contributed by atoms with Gasteiger partial charge in [0.1, 0.15) is 11.6 Å². The second kappa shape index (κ2) is 5.08. The van der Waals surface area contributed by atoms with Crippen LogP contribution in [0.1, 0.15) is 11.4 Å². The van der Waals surface area contributed by atoms with Gasteiger partial charge in [0, 0.05) is 19.8 Å². The van der Waals surface area contributed by atoms with E-state index in [1.54, 1.807) is 17.8 Å². The number of rotatable bonds is 2. The van der Waals surface area contributed by atoms with Crippen molar-refractivity contribution in [2.45, 2.75) is 6.18 Å². The lowest BCUT2D eigenvalue weighted by Crippen LogP contribution is -2.14. The van der Waals surface area contributed by atoms with Crippen molar-refractivity contribution in [2.75, 3.05) is 13.7 Å². The molecule has 4 nitrogen and oxygen atoms in total. The predicted octanol–water partition coefficient (Wildman–Crippen LogP) is 3.07. The molecule has 0 radical (unpaired) electrons. The van der Waals surface area contributed by atoms with Crippen molar-refractivity contribution in [1.82, 2.24) is 14.9 Å². The van der Waals surface area contributed by atoms with Crippen molar-refractivity contribution in [3.05, 3.63) is 47.6 Å². The summed E-state index contributed by atoms with van der Waals surface area (Å²) < 4.78 is 45.5. The molecule has 0 atom stereocenters. The zero-order chi connectivity index (χ0) is 15.9. The van der Waals surface area contributed by atoms with E-state index in [0.717, 1.165) is 17.7 Å². The number of ether oxygens (including phenoxy) is 1. The van der Waals surface area contributed by atoms with Crippen LogP contribution in [-0.2, 0) is 18.0 Å². The summed E-state index contributed by atoms with van der Waals surface area (Å²) in [5.74, 6) is 1.17. The minimum Gasteiger partial charge on any atom is -0.494 e. The summed E-state index contributed by atoms with van der Waals surface area (Å²) >= 11 is 0. The lowest BCUT2D eigenvalue weighted by atomic mass is 10.1. The first-order valence-corrected chi connectivity index (χ1v) is 6.64. The fraction of sp³-hybridized carbons (Fsp3) is 0.267. The van der Waals surface area contributed by atoms with Crippen LogP contribution >= 0.6 is 0 Å². The van der Waals surface area contributed by atoms with Crippen molar-refractivity contribution >= 4 is 16.6 Å². The number of imidazole rings is 1. The molecule has 0 amide bonds. The van der Waals surface area contributed by atoms with E-state index in [2.05, 4.69) is 10.3 Å². The average molecular weight is 309 g/mol. The molecular formula is C15H14F3N3O. The van der Waals surface area contributed by atoms with Crippen LogP contribution in [0.2, 0.25) is 0 Å². The summed E-state index contributed by atoms with van der Waals surface area (Å²) in [5, 5.41) is 3.02. The fourth-order valence-electron chi connectivity index (χ4n) is 2.48. The van der Waals surface area contributed by atoms with Gasteiger partial charge in [-0.25, -0.2) is 4.98 Å². The van der Waals surface area contributed by atoms with Crippen LogP contribution in [0.3, 0.4) is 0 Å². The van der Waals surface area contributed by atoms with Gasteiger partial charge >= 0.3 is 6.18 Å². The Morgan fingerprint density at radius 3 is 2.77 bits per heavy atom. The van der Waals surface area contributed by atoms with Gasteiger partial charge in [0.15, 0.2) is 0 Å². The third-order valence-electron chi connectivity index (χ3n) is 3.59. The topological polar surface area (TPSA) is 39.1 Å². The molecule has 3 rings (SSSR count). The van der Waals surface area contributed by atoms with Crippen LogP contribution < -0.4 is 5.32 Å². The molecule has 0 spiro atoms. The number of alkyl halides is 3. The zero-order valence-corrected chi connectivity index (χ0v) is 12.0. The van der Waals surface area contributed by atoms with Gasteiger partial charge < -0.3 is 14.6 Å². The van der Waals surface area contributed by atoms with Crippen molar-refractivity contribution in [3.63, 3.8) is 0 Å². The highest BCUT2D eigenvalue weighted by Gasteiger charge is 2.31. The number of hydrogen-bond donors (Lipinski definition) is 1. The molecule has 1 aromatic heterocycles. The van der Waals surface area contributed by atoms with Gasteiger partial charge in [-0.2, -0.15) is 13.2 Å². The molecule has 7 heteroatoms. The number of hydrogen-bond acceptors (Lipinski definition) is 3. The van der Waals surface area contributed by atoms with E-state index in [-0.39, 0.29) is 0 Å². The Kier molecular flexibility index (Phi) is 3.35. The molecule has 0 bridgehead atoms. The first-order chi connectivity index (χ1) is 10.4. The maximum atomic E-state index is 12.8. The smallest absolute Gasteiger partial charge is 0.416 e. The van der Waals surface area contributed by atoms with Gasteiger partial charge in [-0.15, -0.1) is 0 Å². The van der Waals surface area contributed by atoms with Crippen LogP contribution in [0, 0.1) is 0 Å². The highest BCUT2D eigenvalue weighted by molar-refractivity contribution is 5.84. The molecular weight excluding hydrogens is 295 g/mol. The number of aromatic nitrogens is 2. The van der Waals surface area contributed by atoms with Gasteiger partial charge in [-0.05, 0) is 18.2 Å². The minimum atomic E-state index is -4.38. The number of fused-ring (bicyclic) bond motifs is 1. The minimum absolute atomic E-state index is 0.308. The van der Waals surface area contributed by atoms with Crippen molar-refractivity contribution in [2.24, 2.45) is 7.05 Å². The van der Waals surface area contributed by atoms with Crippen molar-refractivity contribution < 1.29 is 17.9 Å². The molecule has 22 heavy (non-hydrogen) atoms. The van der Waals surface area contributed by atoms with E-state index in [1.807, 2.05) is 6.08 Å². The Bertz CT molecular complexity index is 787. The standard InChI is InChI=1S/C15H14F3N3O/c1-21-12-4-3-9(15(16,17)18)7-11(12)20-14(21)10-5-6-19-8-13(10)22-2/h3-5,7-8,19H,6H2,1-2H3. The summed E-state index contributed by atoms with van der Waals surface area (Å²) in [6.07, 6.45) is -0.766. The number of methoxy groups -OCH3 is 1. The van der Waals surface area contributed by atoms with Gasteiger partial charge in [0.2, 0.25) is 0 Å². The average Bonchev–Trinajstić information content (AvgIpc) is 2.83. The molecule has 1 aromatic carbocycles. The largest absolute Gasteiger partial charge is 0.494 e. The lowest BCUT2D eigenvalue weighted by Gasteiger charge is -2.15. The summed E-state index contributed by atoms with van der Waals surface area (Å²) in [5.41, 5.74) is 1.00. The summed E-state index contributed by atoms with van der Waals surface area (Å²) in [7, 11) is 3.31. The normalized spacial score (nSPS) is 15.3. The molecule has 116 valence electrons. The lowest BCUT2D eigenvalue weighted by molar-refractivity contribution is -0.137. The fourth-order valence-corrected chi connectivity index (χ4v) is 2.48. The number of allylic oxidation sites excluding steroid dienone is 1. The van der Waals surface area contributed by atoms with Crippen LogP contribution in [0.25, 0.3) is 16.6 Å². The summed E-state index contributed by atoms with van der Waals surface area (Å²) in [4.78, 5) is 4.35. The van der Waals surface area contributed by atoms with Crippen molar-refractivity contribution in [1.29, 1.82) is 0 Å². The molecule has 1 aliphatic rings. The number of benzene rings is 1. The second-order valence-corrected chi connectivity index (χ2v) is 4.93. The molecule has 0 saturated carbocycles. The predicted molar refractivity (Wildman–Crippen MR) is 76.8 cm³/mol. The Balaban J connectivity index is 2.14. The highest BCUT2D eigenvalue weighted by Crippen LogP contribution is 2.33. The summed E-state index contributed by atoms with van der Waals surface area (Å²) in [6.45, 7) is 0.610. The molecule has 0 unspecified atom stereocenters. The van der Waals surface area contributed by atoms with E-state index in [4.69, 9.17) is 4.74 Å². The molecule has 2 aromatic rings. The molecule has 1 aliphatic heterocycles. The van der Waals surface area contributed by atoms with Crippen LogP contribution in [0.4, 0.5) is 13.2 Å². The SMILES string of the molecule is COC1=CNCC=C1c1nc2cc(C(F)(F)F)ccc2n1C. The van der Waals surface area contributed by atoms with E-state index >= 15 is 0 Å². The Morgan fingerprint density at radius 2 is 2.09 bits per heavy atom. The van der Waals surface area contributed by atoms with Crippen LogP contribution in [-0.4, -0.2) is 23.2 Å². The third kappa shape index (κ3) is 2.32. The molecule has 1 N–H and O–H groups in total. The van der Waals surface area contributed by atoms with E-state index in [1.165, 1.54) is 13.2 Å². The maximum absolute atomic E-state index is 12.8. The zero-order valence-electron chi connectivity index (χ0n) is 12.0. The quantitative estimate of drug-likeness (QED) is 0.926. The maximum Gasteiger partial charge on any atom is 0.416 e. The highest BCUT2D eigenvalue weighted by atomic mass is 19.4. The van der Waals surface area contributed by atoms with Gasteiger partial charge in [0.05, 0.1) is 29.3 Å². The molecule has 0 saturated heterocycles. The van der Waals surface area contributed by atoms with E-state index in [0.29, 0.717) is 29.2 Å². The van der Waals surface area contributed by atoms with Crippen molar-refractivity contribution in [3.8, 4) is 0 Å². The Morgan fingerprint density at radius 1 is 1.32 bits per heavy atom. The van der Waals surface area contributed by atoms with Gasteiger partial charge in [-0.3, -0.25) is 0 Å². The Hall–Kier alpha value is -2.44. The Labute approximate surface area is 124 Å². The number of dihydropyridines is 1. The van der Waals surface area contributed by atoms with E-state index < -0.39 is 11.7 Å². The van der Waals surface area contributed by atoms with Gasteiger partial charge in [-0.1, -0.05) is 6.08 Å². The molecule has 2 heterocycles. The first kappa shape index (κ1) is 14.5. The van der Waals surface area contributed by atoms with Gasteiger partial charge in [0.25, 0.3) is 0 Å². The van der Waals surface area contributed by atoms with Crippen LogP contribution in [0.15, 0.2) is 36.2 Å². The number of nitrogens with zero attached hydrogens (tertiary/aromatic N) is 2. The molecule has 0 aliphatic carbocycles. The monoisotopic (exact) mass is 309 g/mol. The van der Waals surface area contributed by atoms with E-state index in [9.17, 15) is 13.2 Å². The third-order valence-corrected chi connectivity index (χ3v) is 3.59. The second-order valence-electron chi connectivity index (χ2n) is 4.93. The first-order valence-electron chi connectivity index (χ1n) is 6.64. The summed E-state index contributed by atoms with van der Waals surface area (Å²) in [6, 6.07) is 3.57.